The van der Waals surface area contributed by atoms with Gasteiger partial charge in [-0.1, -0.05) is 11.6 Å². The van der Waals surface area contributed by atoms with Gasteiger partial charge in [0.2, 0.25) is 11.8 Å². The maximum Gasteiger partial charge on any atom is 0.243 e. The first-order valence-corrected chi connectivity index (χ1v) is 7.51. The summed E-state index contributed by atoms with van der Waals surface area (Å²) in [5.74, 6) is -0.116. The number of rotatable bonds is 3. The van der Waals surface area contributed by atoms with Crippen LogP contribution in [0.1, 0.15) is 37.6 Å². The third kappa shape index (κ3) is 3.28. The molecule has 0 unspecified atom stereocenters. The lowest BCUT2D eigenvalue weighted by molar-refractivity contribution is -0.137. The number of amides is 2. The average molecular weight is 301 g/mol. The molecule has 0 spiro atoms. The van der Waals surface area contributed by atoms with Crippen molar-refractivity contribution in [1.82, 2.24) is 10.2 Å². The SMILES string of the molecule is CC(=O)N1CCC[C@@H]1C(=O)N[C@H](C)c1ccc(Cl)s1. The van der Waals surface area contributed by atoms with Crippen LogP contribution in [0.25, 0.3) is 0 Å². The van der Waals surface area contributed by atoms with Crippen molar-refractivity contribution in [3.63, 3.8) is 0 Å². The summed E-state index contributed by atoms with van der Waals surface area (Å²) >= 11 is 7.34. The van der Waals surface area contributed by atoms with E-state index < -0.39 is 0 Å². The second-order valence-corrected chi connectivity index (χ2v) is 6.49. The number of hydrogen-bond donors (Lipinski definition) is 1. The Kier molecular flexibility index (Phi) is 4.47. The molecular weight excluding hydrogens is 284 g/mol. The van der Waals surface area contributed by atoms with Crippen molar-refractivity contribution in [3.8, 4) is 0 Å². The quantitative estimate of drug-likeness (QED) is 0.933. The zero-order chi connectivity index (χ0) is 14.0. The molecule has 4 nitrogen and oxygen atoms in total. The molecule has 6 heteroatoms. The molecule has 1 aliphatic heterocycles. The predicted molar refractivity (Wildman–Crippen MR) is 76.3 cm³/mol. The summed E-state index contributed by atoms with van der Waals surface area (Å²) in [4.78, 5) is 26.3. The second kappa shape index (κ2) is 5.92. The highest BCUT2D eigenvalue weighted by atomic mass is 35.5. The number of thiophene rings is 1. The second-order valence-electron chi connectivity index (χ2n) is 4.74. The Bertz CT molecular complexity index is 489. The Hall–Kier alpha value is -1.07. The number of nitrogens with zero attached hydrogens (tertiary/aromatic N) is 1. The number of carbonyl (C=O) groups is 2. The number of likely N-dealkylation sites (tertiary alicyclic amines) is 1. The van der Waals surface area contributed by atoms with Crippen LogP contribution in [0.15, 0.2) is 12.1 Å². The van der Waals surface area contributed by atoms with Crippen LogP contribution in [0.2, 0.25) is 4.34 Å². The summed E-state index contributed by atoms with van der Waals surface area (Å²) < 4.78 is 0.710. The van der Waals surface area contributed by atoms with Gasteiger partial charge in [0.25, 0.3) is 0 Å². The minimum atomic E-state index is -0.324. The molecule has 0 saturated carbocycles. The molecular formula is C13H17ClN2O2S. The number of nitrogens with one attached hydrogen (secondary N) is 1. The summed E-state index contributed by atoms with van der Waals surface area (Å²) in [5.41, 5.74) is 0. The average Bonchev–Trinajstić information content (AvgIpc) is 2.96. The maximum absolute atomic E-state index is 12.2. The number of halogens is 1. The van der Waals surface area contributed by atoms with Gasteiger partial charge in [-0.05, 0) is 31.9 Å². The molecule has 1 saturated heterocycles. The predicted octanol–water partition coefficient (Wildman–Crippen LogP) is 2.59. The van der Waals surface area contributed by atoms with E-state index in [-0.39, 0.29) is 23.9 Å². The van der Waals surface area contributed by atoms with Crippen molar-refractivity contribution in [2.24, 2.45) is 0 Å². The van der Waals surface area contributed by atoms with Crippen LogP contribution < -0.4 is 5.32 Å². The smallest absolute Gasteiger partial charge is 0.243 e. The van der Waals surface area contributed by atoms with Gasteiger partial charge < -0.3 is 10.2 Å². The van der Waals surface area contributed by atoms with Gasteiger partial charge in [-0.15, -0.1) is 11.3 Å². The van der Waals surface area contributed by atoms with E-state index in [1.54, 1.807) is 4.90 Å². The van der Waals surface area contributed by atoms with Gasteiger partial charge in [0, 0.05) is 18.3 Å². The fraction of sp³-hybridized carbons (Fsp3) is 0.538. The molecule has 1 aromatic rings. The monoisotopic (exact) mass is 300 g/mol. The summed E-state index contributed by atoms with van der Waals surface area (Å²) in [5, 5.41) is 2.96. The first kappa shape index (κ1) is 14.3. The van der Waals surface area contributed by atoms with Crippen LogP contribution in [0.3, 0.4) is 0 Å². The molecule has 1 N–H and O–H groups in total. The van der Waals surface area contributed by atoms with Crippen molar-refractivity contribution in [3.05, 3.63) is 21.3 Å². The van der Waals surface area contributed by atoms with Gasteiger partial charge in [0.15, 0.2) is 0 Å². The molecule has 0 aliphatic carbocycles. The molecule has 104 valence electrons. The van der Waals surface area contributed by atoms with Gasteiger partial charge in [-0.2, -0.15) is 0 Å². The van der Waals surface area contributed by atoms with Crippen molar-refractivity contribution < 1.29 is 9.59 Å². The fourth-order valence-electron chi connectivity index (χ4n) is 2.36. The standard InChI is InChI=1S/C13H17ClN2O2S/c1-8(11-5-6-12(14)19-11)15-13(18)10-4-3-7-16(10)9(2)17/h5-6,8,10H,3-4,7H2,1-2H3,(H,15,18)/t8-,10-/m1/s1. The van der Waals surface area contributed by atoms with Crippen LogP contribution in [-0.4, -0.2) is 29.3 Å². The normalized spacial score (nSPS) is 20.4. The molecule has 1 fully saturated rings. The molecule has 1 aromatic heterocycles. The summed E-state index contributed by atoms with van der Waals surface area (Å²) in [7, 11) is 0. The molecule has 0 aromatic carbocycles. The molecule has 0 radical (unpaired) electrons. The van der Waals surface area contributed by atoms with Crippen molar-refractivity contribution >= 4 is 34.8 Å². The maximum atomic E-state index is 12.2. The summed E-state index contributed by atoms with van der Waals surface area (Å²) in [6.45, 7) is 4.10. The molecule has 2 heterocycles. The van der Waals surface area contributed by atoms with Crippen molar-refractivity contribution in [2.45, 2.75) is 38.8 Å². The minimum Gasteiger partial charge on any atom is -0.347 e. The Morgan fingerprint density at radius 2 is 2.26 bits per heavy atom. The van der Waals surface area contributed by atoms with Gasteiger partial charge >= 0.3 is 0 Å². The van der Waals surface area contributed by atoms with E-state index in [2.05, 4.69) is 5.32 Å². The first-order chi connectivity index (χ1) is 8.99. The van der Waals surface area contributed by atoms with E-state index in [0.717, 1.165) is 17.7 Å². The van der Waals surface area contributed by atoms with E-state index in [0.29, 0.717) is 10.9 Å². The Morgan fingerprint density at radius 3 is 2.84 bits per heavy atom. The lowest BCUT2D eigenvalue weighted by Gasteiger charge is -2.24. The summed E-state index contributed by atoms with van der Waals surface area (Å²) in [6.07, 6.45) is 1.63. The van der Waals surface area contributed by atoms with Crippen LogP contribution in [0.4, 0.5) is 0 Å². The van der Waals surface area contributed by atoms with Crippen molar-refractivity contribution in [1.29, 1.82) is 0 Å². The molecule has 2 amide bonds. The zero-order valence-corrected chi connectivity index (χ0v) is 12.6. The van der Waals surface area contributed by atoms with E-state index in [9.17, 15) is 9.59 Å². The molecule has 0 bridgehead atoms. The molecule has 2 rings (SSSR count). The number of carbonyl (C=O) groups excluding carboxylic acids is 2. The summed E-state index contributed by atoms with van der Waals surface area (Å²) in [6, 6.07) is 3.33. The van der Waals surface area contributed by atoms with Gasteiger partial charge in [-0.25, -0.2) is 0 Å². The Labute approximate surface area is 121 Å². The highest BCUT2D eigenvalue weighted by Gasteiger charge is 2.32. The molecule has 19 heavy (non-hydrogen) atoms. The highest BCUT2D eigenvalue weighted by Crippen LogP contribution is 2.27. The third-order valence-electron chi connectivity index (χ3n) is 3.34. The van der Waals surface area contributed by atoms with E-state index in [1.165, 1.54) is 18.3 Å². The van der Waals surface area contributed by atoms with E-state index in [4.69, 9.17) is 11.6 Å². The molecule has 2 atom stereocenters. The van der Waals surface area contributed by atoms with Crippen molar-refractivity contribution in [2.75, 3.05) is 6.54 Å². The lowest BCUT2D eigenvalue weighted by atomic mass is 10.2. The van der Waals surface area contributed by atoms with E-state index >= 15 is 0 Å². The topological polar surface area (TPSA) is 49.4 Å². The van der Waals surface area contributed by atoms with Crippen LogP contribution in [0.5, 0.6) is 0 Å². The Balaban J connectivity index is 1.99. The van der Waals surface area contributed by atoms with Crippen LogP contribution in [0, 0.1) is 0 Å². The van der Waals surface area contributed by atoms with Gasteiger partial charge in [-0.3, -0.25) is 9.59 Å². The lowest BCUT2D eigenvalue weighted by Crippen LogP contribution is -2.45. The van der Waals surface area contributed by atoms with Crippen LogP contribution in [-0.2, 0) is 9.59 Å². The largest absolute Gasteiger partial charge is 0.347 e. The zero-order valence-electron chi connectivity index (χ0n) is 11.0. The molecule has 1 aliphatic rings. The highest BCUT2D eigenvalue weighted by molar-refractivity contribution is 7.16. The van der Waals surface area contributed by atoms with Crippen LogP contribution >= 0.6 is 22.9 Å². The minimum absolute atomic E-state index is 0.0375. The third-order valence-corrected chi connectivity index (χ3v) is 4.75. The first-order valence-electron chi connectivity index (χ1n) is 6.32. The van der Waals surface area contributed by atoms with Gasteiger partial charge in [0.05, 0.1) is 10.4 Å². The Morgan fingerprint density at radius 1 is 1.53 bits per heavy atom. The number of hydrogen-bond acceptors (Lipinski definition) is 3. The fourth-order valence-corrected chi connectivity index (χ4v) is 3.42. The van der Waals surface area contributed by atoms with E-state index in [1.807, 2.05) is 19.1 Å². The van der Waals surface area contributed by atoms with Gasteiger partial charge in [0.1, 0.15) is 6.04 Å².